The number of carbonyl (C=O) groups is 1. The summed E-state index contributed by atoms with van der Waals surface area (Å²) in [5.41, 5.74) is 3.00. The van der Waals surface area contributed by atoms with E-state index in [0.29, 0.717) is 17.9 Å². The molecule has 0 aromatic carbocycles. The molecule has 4 heterocycles. The molecule has 23 heavy (non-hydrogen) atoms. The summed E-state index contributed by atoms with van der Waals surface area (Å²) in [6, 6.07) is 5.91. The fourth-order valence-electron chi connectivity index (χ4n) is 2.90. The third kappa shape index (κ3) is 2.39. The molecule has 1 amide bonds. The average Bonchev–Trinajstić information content (AvgIpc) is 3.19. The summed E-state index contributed by atoms with van der Waals surface area (Å²) in [6.45, 7) is 1.35. The highest BCUT2D eigenvalue weighted by Gasteiger charge is 2.33. The molecular weight excluding hydrogens is 294 g/mol. The Morgan fingerprint density at radius 2 is 2.39 bits per heavy atom. The number of nitrogens with one attached hydrogen (secondary N) is 2. The molecule has 0 saturated carbocycles. The summed E-state index contributed by atoms with van der Waals surface area (Å²) in [5, 5.41) is 7.63. The first-order valence-corrected chi connectivity index (χ1v) is 7.55. The van der Waals surface area contributed by atoms with Crippen molar-refractivity contribution in [3.63, 3.8) is 0 Å². The second-order valence-corrected chi connectivity index (χ2v) is 5.70. The number of likely N-dealkylation sites (tertiary alicyclic amines) is 1. The number of amides is 1. The van der Waals surface area contributed by atoms with Gasteiger partial charge in [0, 0.05) is 30.8 Å². The monoisotopic (exact) mass is 311 g/mol. The molecule has 1 atom stereocenters. The number of hydrogen-bond acceptors (Lipinski definition) is 4. The minimum atomic E-state index is 0.00108. The zero-order chi connectivity index (χ0) is 15.8. The lowest BCUT2D eigenvalue weighted by Gasteiger charge is -2.40. The summed E-state index contributed by atoms with van der Waals surface area (Å²) >= 11 is 0. The van der Waals surface area contributed by atoms with Crippen molar-refractivity contribution >= 4 is 16.9 Å². The first-order chi connectivity index (χ1) is 11.3. The molecule has 1 aliphatic heterocycles. The van der Waals surface area contributed by atoms with E-state index >= 15 is 0 Å². The van der Waals surface area contributed by atoms with Crippen molar-refractivity contribution in [1.29, 1.82) is 0 Å². The molecule has 1 aliphatic rings. The van der Waals surface area contributed by atoms with Crippen LogP contribution in [0.3, 0.4) is 0 Å². The van der Waals surface area contributed by atoms with Gasteiger partial charge in [0.1, 0.15) is 11.3 Å². The van der Waals surface area contributed by atoms with Crippen LogP contribution in [0.15, 0.2) is 30.6 Å². The number of hydrogen-bond donors (Lipinski definition) is 2. The van der Waals surface area contributed by atoms with Gasteiger partial charge in [-0.05, 0) is 24.6 Å². The van der Waals surface area contributed by atoms with Crippen LogP contribution in [0.4, 0.5) is 0 Å². The zero-order valence-corrected chi connectivity index (χ0v) is 12.7. The number of carbonyl (C=O) groups excluding carboxylic acids is 1. The summed E-state index contributed by atoms with van der Waals surface area (Å²) in [4.78, 5) is 22.1. The number of nitrogens with zero attached hydrogens (tertiary/aromatic N) is 3. The first kappa shape index (κ1) is 14.0. The standard InChI is InChI=1S/C16H17N5O2/c1-23-9-12-4-5-21(12)16(22)14-6-10-2-3-13(19-15(10)20-14)11-7-17-18-8-11/h2-3,6-8,12H,4-5,9H2,1H3,(H,17,18)(H,19,20)/t12-/m1/s1. The van der Waals surface area contributed by atoms with Gasteiger partial charge in [0.05, 0.1) is 24.5 Å². The number of fused-ring (bicyclic) bond motifs is 1. The van der Waals surface area contributed by atoms with Gasteiger partial charge in [0.15, 0.2) is 0 Å². The van der Waals surface area contributed by atoms with Crippen molar-refractivity contribution in [2.45, 2.75) is 12.5 Å². The van der Waals surface area contributed by atoms with Crippen molar-refractivity contribution in [2.24, 2.45) is 0 Å². The van der Waals surface area contributed by atoms with Crippen molar-refractivity contribution in [2.75, 3.05) is 20.3 Å². The molecule has 0 unspecified atom stereocenters. The number of rotatable bonds is 4. The van der Waals surface area contributed by atoms with Gasteiger partial charge in [0.25, 0.3) is 5.91 Å². The van der Waals surface area contributed by atoms with E-state index in [-0.39, 0.29) is 11.9 Å². The Labute approximate surface area is 132 Å². The average molecular weight is 311 g/mol. The van der Waals surface area contributed by atoms with Crippen LogP contribution in [0.2, 0.25) is 0 Å². The molecule has 0 radical (unpaired) electrons. The summed E-state index contributed by atoms with van der Waals surface area (Å²) in [7, 11) is 1.66. The van der Waals surface area contributed by atoms with E-state index in [1.807, 2.05) is 23.1 Å². The molecule has 0 spiro atoms. The number of methoxy groups -OCH3 is 1. The fourth-order valence-corrected chi connectivity index (χ4v) is 2.90. The molecule has 0 bridgehead atoms. The van der Waals surface area contributed by atoms with Gasteiger partial charge in [-0.3, -0.25) is 9.89 Å². The van der Waals surface area contributed by atoms with E-state index in [2.05, 4.69) is 20.2 Å². The Morgan fingerprint density at radius 1 is 1.48 bits per heavy atom. The van der Waals surface area contributed by atoms with Crippen LogP contribution in [0.5, 0.6) is 0 Å². The van der Waals surface area contributed by atoms with E-state index in [9.17, 15) is 4.79 Å². The Balaban J connectivity index is 1.63. The largest absolute Gasteiger partial charge is 0.383 e. The molecule has 3 aromatic heterocycles. The quantitative estimate of drug-likeness (QED) is 0.769. The molecule has 7 heteroatoms. The predicted molar refractivity (Wildman–Crippen MR) is 85.0 cm³/mol. The molecular formula is C16H17N5O2. The number of aromatic amines is 2. The Kier molecular flexibility index (Phi) is 3.34. The van der Waals surface area contributed by atoms with E-state index in [1.165, 1.54) is 0 Å². The molecule has 0 aliphatic carbocycles. The van der Waals surface area contributed by atoms with E-state index in [4.69, 9.17) is 4.74 Å². The molecule has 4 rings (SSSR count). The van der Waals surface area contributed by atoms with Crippen LogP contribution in [-0.2, 0) is 4.74 Å². The SMILES string of the molecule is COC[C@H]1CCN1C(=O)c1cc2ccc(-c3cn[nH]c3)nc2[nH]1. The smallest absolute Gasteiger partial charge is 0.270 e. The highest BCUT2D eigenvalue weighted by molar-refractivity contribution is 5.98. The highest BCUT2D eigenvalue weighted by Crippen LogP contribution is 2.24. The third-order valence-electron chi connectivity index (χ3n) is 4.27. The van der Waals surface area contributed by atoms with Crippen molar-refractivity contribution in [3.8, 4) is 11.3 Å². The number of ether oxygens (including phenoxy) is 1. The maximum absolute atomic E-state index is 12.6. The summed E-state index contributed by atoms with van der Waals surface area (Å²) < 4.78 is 5.15. The van der Waals surface area contributed by atoms with Crippen LogP contribution in [0.1, 0.15) is 16.9 Å². The Bertz CT molecular complexity index is 839. The van der Waals surface area contributed by atoms with Gasteiger partial charge in [-0.2, -0.15) is 5.10 Å². The predicted octanol–water partition coefficient (Wildman–Crippen LogP) is 1.81. The topological polar surface area (TPSA) is 86.9 Å². The zero-order valence-electron chi connectivity index (χ0n) is 12.7. The minimum Gasteiger partial charge on any atom is -0.383 e. The van der Waals surface area contributed by atoms with Gasteiger partial charge in [-0.25, -0.2) is 4.98 Å². The van der Waals surface area contributed by atoms with Gasteiger partial charge in [0.2, 0.25) is 0 Å². The molecule has 118 valence electrons. The molecule has 3 aromatic rings. The Hall–Kier alpha value is -2.67. The maximum Gasteiger partial charge on any atom is 0.270 e. The van der Waals surface area contributed by atoms with E-state index in [0.717, 1.165) is 29.6 Å². The highest BCUT2D eigenvalue weighted by atomic mass is 16.5. The van der Waals surface area contributed by atoms with Crippen LogP contribution >= 0.6 is 0 Å². The Morgan fingerprint density at radius 3 is 3.09 bits per heavy atom. The minimum absolute atomic E-state index is 0.00108. The van der Waals surface area contributed by atoms with Crippen LogP contribution < -0.4 is 0 Å². The van der Waals surface area contributed by atoms with Gasteiger partial charge < -0.3 is 14.6 Å². The van der Waals surface area contributed by atoms with Crippen molar-refractivity contribution < 1.29 is 9.53 Å². The number of pyridine rings is 1. The second-order valence-electron chi connectivity index (χ2n) is 5.70. The first-order valence-electron chi connectivity index (χ1n) is 7.55. The number of aromatic nitrogens is 4. The van der Waals surface area contributed by atoms with Crippen molar-refractivity contribution in [3.05, 3.63) is 36.3 Å². The normalized spacial score (nSPS) is 17.4. The van der Waals surface area contributed by atoms with Gasteiger partial charge in [-0.1, -0.05) is 0 Å². The lowest BCUT2D eigenvalue weighted by atomic mass is 10.0. The van der Waals surface area contributed by atoms with Crippen LogP contribution in [-0.4, -0.2) is 57.3 Å². The van der Waals surface area contributed by atoms with Crippen LogP contribution in [0, 0.1) is 0 Å². The second kappa shape index (κ2) is 5.51. The van der Waals surface area contributed by atoms with Gasteiger partial charge in [-0.15, -0.1) is 0 Å². The fraction of sp³-hybridized carbons (Fsp3) is 0.312. The molecule has 1 saturated heterocycles. The lowest BCUT2D eigenvalue weighted by molar-refractivity contribution is 0.0198. The third-order valence-corrected chi connectivity index (χ3v) is 4.27. The molecule has 2 N–H and O–H groups in total. The summed E-state index contributed by atoms with van der Waals surface area (Å²) in [6.07, 6.45) is 4.50. The summed E-state index contributed by atoms with van der Waals surface area (Å²) in [5.74, 6) is 0.00108. The maximum atomic E-state index is 12.6. The van der Waals surface area contributed by atoms with Crippen LogP contribution in [0.25, 0.3) is 22.3 Å². The van der Waals surface area contributed by atoms with E-state index in [1.54, 1.807) is 19.5 Å². The van der Waals surface area contributed by atoms with Crippen molar-refractivity contribution in [1.82, 2.24) is 25.1 Å². The molecule has 7 nitrogen and oxygen atoms in total. The lowest BCUT2D eigenvalue weighted by Crippen LogP contribution is -2.53. The van der Waals surface area contributed by atoms with E-state index < -0.39 is 0 Å². The van der Waals surface area contributed by atoms with Gasteiger partial charge >= 0.3 is 0 Å². The molecule has 1 fully saturated rings. The number of H-pyrrole nitrogens is 2.